The molecule has 2 aromatic rings. The van der Waals surface area contributed by atoms with E-state index in [-0.39, 0.29) is 4.90 Å². The molecular weight excluding hydrogens is 304 g/mol. The van der Waals surface area contributed by atoms with Gasteiger partial charge < -0.3 is 0 Å². The van der Waals surface area contributed by atoms with Gasteiger partial charge in [-0.05, 0) is 24.6 Å². The number of nitrogens with one attached hydrogen (secondary N) is 1. The molecule has 0 fully saturated rings. The summed E-state index contributed by atoms with van der Waals surface area (Å²) in [6.07, 6.45) is 0. The second-order valence-electron chi connectivity index (χ2n) is 4.49. The molecule has 0 heterocycles. The van der Waals surface area contributed by atoms with Crippen molar-refractivity contribution in [1.29, 1.82) is 0 Å². The Labute approximate surface area is 130 Å². The van der Waals surface area contributed by atoms with Crippen molar-refractivity contribution in [2.24, 2.45) is 5.10 Å². The monoisotopic (exact) mass is 320 g/mol. The van der Waals surface area contributed by atoms with Gasteiger partial charge in [-0.25, -0.2) is 0 Å². The van der Waals surface area contributed by atoms with Crippen LogP contribution in [0.3, 0.4) is 0 Å². The van der Waals surface area contributed by atoms with Crippen LogP contribution in [0.5, 0.6) is 0 Å². The lowest BCUT2D eigenvalue weighted by molar-refractivity contribution is 0.584. The first-order valence-electron chi connectivity index (χ1n) is 6.34. The van der Waals surface area contributed by atoms with Gasteiger partial charge in [0, 0.05) is 5.75 Å². The van der Waals surface area contributed by atoms with E-state index in [9.17, 15) is 8.42 Å². The van der Waals surface area contributed by atoms with Crippen LogP contribution in [0.25, 0.3) is 0 Å². The van der Waals surface area contributed by atoms with E-state index in [1.54, 1.807) is 24.3 Å². The maximum atomic E-state index is 12.2. The van der Waals surface area contributed by atoms with E-state index in [4.69, 9.17) is 0 Å². The Kier molecular flexibility index (Phi) is 5.03. The summed E-state index contributed by atoms with van der Waals surface area (Å²) < 4.78 is 24.3. The number of aryl methyl sites for hydroxylation is 1. The third-order valence-electron chi connectivity index (χ3n) is 2.89. The van der Waals surface area contributed by atoms with Crippen molar-refractivity contribution in [2.45, 2.75) is 11.8 Å². The highest BCUT2D eigenvalue weighted by molar-refractivity contribution is 7.89. The number of hydrogen-bond donors (Lipinski definition) is 2. The van der Waals surface area contributed by atoms with Crippen molar-refractivity contribution in [3.63, 3.8) is 0 Å². The minimum absolute atomic E-state index is 0.184. The molecule has 110 valence electrons. The van der Waals surface area contributed by atoms with Gasteiger partial charge in [-0.3, -0.25) is 0 Å². The fraction of sp³-hybridized carbons (Fsp3) is 0.133. The van der Waals surface area contributed by atoms with Crippen LogP contribution in [0.2, 0.25) is 0 Å². The van der Waals surface area contributed by atoms with Crippen LogP contribution in [0.1, 0.15) is 11.1 Å². The Bertz CT molecular complexity index is 724. The van der Waals surface area contributed by atoms with Gasteiger partial charge in [0.25, 0.3) is 10.0 Å². The largest absolute Gasteiger partial charge is 0.276 e. The third kappa shape index (κ3) is 4.09. The molecule has 0 radical (unpaired) electrons. The topological polar surface area (TPSA) is 58.5 Å². The average Bonchev–Trinajstić information content (AvgIpc) is 2.49. The molecule has 0 atom stereocenters. The smallest absolute Gasteiger partial charge is 0.200 e. The van der Waals surface area contributed by atoms with Gasteiger partial charge in [0.2, 0.25) is 0 Å². The maximum Gasteiger partial charge on any atom is 0.276 e. The third-order valence-corrected chi connectivity index (χ3v) is 4.41. The van der Waals surface area contributed by atoms with Crippen molar-refractivity contribution in [3.05, 3.63) is 65.7 Å². The van der Waals surface area contributed by atoms with Gasteiger partial charge in [-0.1, -0.05) is 48.0 Å². The summed E-state index contributed by atoms with van der Waals surface area (Å²) in [4.78, 5) is 2.44. The first-order chi connectivity index (χ1) is 10.0. The lowest BCUT2D eigenvalue weighted by atomic mass is 10.1. The van der Waals surface area contributed by atoms with Crippen LogP contribution >= 0.6 is 12.6 Å². The quantitative estimate of drug-likeness (QED) is 0.505. The number of sulfonamides is 1. The van der Waals surface area contributed by atoms with E-state index in [0.29, 0.717) is 11.5 Å². The summed E-state index contributed by atoms with van der Waals surface area (Å²) in [6.45, 7) is 1.90. The van der Waals surface area contributed by atoms with Crippen molar-refractivity contribution < 1.29 is 8.42 Å². The molecule has 4 nitrogen and oxygen atoms in total. The predicted octanol–water partition coefficient (Wildman–Crippen LogP) is 2.61. The molecule has 0 unspecified atom stereocenters. The van der Waals surface area contributed by atoms with E-state index in [2.05, 4.69) is 22.6 Å². The summed E-state index contributed by atoms with van der Waals surface area (Å²) in [5, 5.41) is 3.99. The minimum atomic E-state index is -3.66. The normalized spacial score (nSPS) is 12.2. The summed E-state index contributed by atoms with van der Waals surface area (Å²) in [5.74, 6) is 0.334. The van der Waals surface area contributed by atoms with Crippen molar-refractivity contribution in [2.75, 3.05) is 5.75 Å². The maximum absolute atomic E-state index is 12.2. The molecule has 0 saturated carbocycles. The highest BCUT2D eigenvalue weighted by Gasteiger charge is 2.13. The Morgan fingerprint density at radius 3 is 2.29 bits per heavy atom. The number of hydrogen-bond acceptors (Lipinski definition) is 4. The number of rotatable bonds is 5. The van der Waals surface area contributed by atoms with Crippen LogP contribution in [0, 0.1) is 6.92 Å². The second-order valence-corrected chi connectivity index (χ2v) is 6.47. The van der Waals surface area contributed by atoms with Gasteiger partial charge in [-0.15, -0.1) is 0 Å². The average molecular weight is 320 g/mol. The van der Waals surface area contributed by atoms with E-state index in [0.717, 1.165) is 11.1 Å². The highest BCUT2D eigenvalue weighted by Crippen LogP contribution is 2.10. The van der Waals surface area contributed by atoms with Gasteiger partial charge in [0.1, 0.15) is 0 Å². The second kappa shape index (κ2) is 6.78. The van der Waals surface area contributed by atoms with Crippen LogP contribution in [0.4, 0.5) is 0 Å². The van der Waals surface area contributed by atoms with Gasteiger partial charge >= 0.3 is 0 Å². The van der Waals surface area contributed by atoms with E-state index < -0.39 is 10.0 Å². The van der Waals surface area contributed by atoms with Gasteiger partial charge in [-0.2, -0.15) is 31.0 Å². The lowest BCUT2D eigenvalue weighted by Crippen LogP contribution is -2.21. The van der Waals surface area contributed by atoms with Crippen LogP contribution in [-0.2, 0) is 10.0 Å². The molecule has 0 aliphatic rings. The Balaban J connectivity index is 2.24. The highest BCUT2D eigenvalue weighted by atomic mass is 32.2. The number of benzene rings is 2. The van der Waals surface area contributed by atoms with Crippen molar-refractivity contribution in [3.8, 4) is 0 Å². The summed E-state index contributed by atoms with van der Waals surface area (Å²) >= 11 is 4.19. The molecule has 2 aromatic carbocycles. The first-order valence-corrected chi connectivity index (χ1v) is 8.46. The zero-order valence-electron chi connectivity index (χ0n) is 11.5. The predicted molar refractivity (Wildman–Crippen MR) is 88.3 cm³/mol. The fourth-order valence-electron chi connectivity index (χ4n) is 1.71. The summed E-state index contributed by atoms with van der Waals surface area (Å²) in [6, 6.07) is 15.9. The fourth-order valence-corrected chi connectivity index (χ4v) is 2.79. The zero-order chi connectivity index (χ0) is 15.3. The van der Waals surface area contributed by atoms with E-state index in [1.165, 1.54) is 0 Å². The standard InChI is InChI=1S/C15H16N2O2S2/c1-12-7-9-14(10-8-12)21(18,19)17-16-15(11-20)13-5-3-2-4-6-13/h2-10,17,20H,11H2,1H3/b16-15+. The number of hydrazone groups is 1. The molecule has 0 saturated heterocycles. The first kappa shape index (κ1) is 15.6. The van der Waals surface area contributed by atoms with Gasteiger partial charge in [0.05, 0.1) is 10.6 Å². The minimum Gasteiger partial charge on any atom is -0.200 e. The molecule has 0 aliphatic heterocycles. The zero-order valence-corrected chi connectivity index (χ0v) is 13.2. The molecule has 0 spiro atoms. The Hall–Kier alpha value is -1.79. The molecule has 0 aliphatic carbocycles. The lowest BCUT2D eigenvalue weighted by Gasteiger charge is -2.07. The molecule has 1 N–H and O–H groups in total. The summed E-state index contributed by atoms with van der Waals surface area (Å²) in [7, 11) is -3.66. The number of thiol groups is 1. The Morgan fingerprint density at radius 2 is 1.71 bits per heavy atom. The van der Waals surface area contributed by atoms with Crippen molar-refractivity contribution in [1.82, 2.24) is 4.83 Å². The summed E-state index contributed by atoms with van der Waals surface area (Å²) in [5.41, 5.74) is 2.39. The van der Waals surface area contributed by atoms with Crippen LogP contribution < -0.4 is 4.83 Å². The SMILES string of the molecule is Cc1ccc(S(=O)(=O)N/N=C(\CS)c2ccccc2)cc1. The van der Waals surface area contributed by atoms with E-state index in [1.807, 2.05) is 37.3 Å². The van der Waals surface area contributed by atoms with Gasteiger partial charge in [0.15, 0.2) is 0 Å². The molecular formula is C15H16N2O2S2. The van der Waals surface area contributed by atoms with Crippen LogP contribution in [0.15, 0.2) is 64.6 Å². The number of nitrogens with zero attached hydrogens (tertiary/aromatic N) is 1. The molecule has 0 bridgehead atoms. The molecule has 6 heteroatoms. The molecule has 2 rings (SSSR count). The van der Waals surface area contributed by atoms with E-state index >= 15 is 0 Å². The van der Waals surface area contributed by atoms with Crippen LogP contribution in [-0.4, -0.2) is 19.9 Å². The molecule has 0 aromatic heterocycles. The molecule has 0 amide bonds. The van der Waals surface area contributed by atoms with Crippen molar-refractivity contribution >= 4 is 28.4 Å². The molecule has 21 heavy (non-hydrogen) atoms. The Morgan fingerprint density at radius 1 is 1.10 bits per heavy atom.